The first-order valence-electron chi connectivity index (χ1n) is 6.12. The molecule has 1 aliphatic heterocycles. The van der Waals surface area contributed by atoms with Crippen LogP contribution in [0.25, 0.3) is 0 Å². The number of halogens is 1. The fraction of sp³-hybridized carbons (Fsp3) is 0.0667. The van der Waals surface area contributed by atoms with Crippen molar-refractivity contribution in [1.82, 2.24) is 0 Å². The van der Waals surface area contributed by atoms with Crippen LogP contribution in [-0.2, 0) is 9.59 Å². The summed E-state index contributed by atoms with van der Waals surface area (Å²) in [6.45, 7) is 0. The SMILES string of the molecule is O=C1CC(=O)N(c2ccc(Cl)cc2)c2ccccc2N1. The van der Waals surface area contributed by atoms with Crippen molar-refractivity contribution in [3.8, 4) is 0 Å². The Balaban J connectivity index is 2.15. The minimum Gasteiger partial charge on any atom is -0.324 e. The maximum atomic E-state index is 12.3. The molecule has 0 aliphatic carbocycles. The van der Waals surface area contributed by atoms with Crippen LogP contribution in [0.2, 0.25) is 5.02 Å². The topological polar surface area (TPSA) is 49.4 Å². The summed E-state index contributed by atoms with van der Waals surface area (Å²) in [5.74, 6) is -0.575. The van der Waals surface area contributed by atoms with Crippen molar-refractivity contribution < 1.29 is 9.59 Å². The van der Waals surface area contributed by atoms with E-state index in [1.165, 1.54) is 4.90 Å². The van der Waals surface area contributed by atoms with Gasteiger partial charge in [-0.3, -0.25) is 14.5 Å². The number of carbonyl (C=O) groups excluding carboxylic acids is 2. The number of anilines is 3. The lowest BCUT2D eigenvalue weighted by molar-refractivity contribution is -0.124. The molecule has 20 heavy (non-hydrogen) atoms. The summed E-state index contributed by atoms with van der Waals surface area (Å²) in [5, 5.41) is 3.33. The number of carbonyl (C=O) groups is 2. The van der Waals surface area contributed by atoms with Crippen LogP contribution in [0.5, 0.6) is 0 Å². The number of nitrogens with one attached hydrogen (secondary N) is 1. The van der Waals surface area contributed by atoms with E-state index in [0.717, 1.165) is 0 Å². The molecule has 5 heteroatoms. The first-order chi connectivity index (χ1) is 9.65. The predicted octanol–water partition coefficient (Wildman–Crippen LogP) is 3.35. The maximum absolute atomic E-state index is 12.3. The highest BCUT2D eigenvalue weighted by molar-refractivity contribution is 6.30. The summed E-state index contributed by atoms with van der Waals surface area (Å²) >= 11 is 5.87. The van der Waals surface area contributed by atoms with Crippen LogP contribution < -0.4 is 10.2 Å². The summed E-state index contributed by atoms with van der Waals surface area (Å²) in [6, 6.07) is 14.2. The second-order valence-electron chi connectivity index (χ2n) is 4.45. The highest BCUT2D eigenvalue weighted by Gasteiger charge is 2.26. The molecule has 0 unspecified atom stereocenters. The molecule has 0 atom stereocenters. The molecule has 0 aromatic heterocycles. The minimum atomic E-state index is -0.307. The normalized spacial score (nSPS) is 14.6. The zero-order valence-corrected chi connectivity index (χ0v) is 11.2. The van der Waals surface area contributed by atoms with E-state index >= 15 is 0 Å². The molecule has 0 bridgehead atoms. The van der Waals surface area contributed by atoms with E-state index in [0.29, 0.717) is 22.1 Å². The number of hydrogen-bond donors (Lipinski definition) is 1. The maximum Gasteiger partial charge on any atom is 0.241 e. The van der Waals surface area contributed by atoms with Gasteiger partial charge in [-0.05, 0) is 36.4 Å². The van der Waals surface area contributed by atoms with Gasteiger partial charge < -0.3 is 5.32 Å². The molecule has 0 fully saturated rings. The van der Waals surface area contributed by atoms with Crippen molar-refractivity contribution in [3.05, 3.63) is 53.6 Å². The number of fused-ring (bicyclic) bond motifs is 1. The summed E-state index contributed by atoms with van der Waals surface area (Å²) < 4.78 is 0. The molecule has 2 amide bonds. The average molecular weight is 287 g/mol. The molecular formula is C15H11ClN2O2. The Labute approximate surface area is 121 Å². The van der Waals surface area contributed by atoms with E-state index in [-0.39, 0.29) is 18.2 Å². The standard InChI is InChI=1S/C15H11ClN2O2/c16-10-5-7-11(8-6-10)18-13-4-2-1-3-12(13)17-14(19)9-15(18)20/h1-8H,9H2,(H,17,19). The fourth-order valence-electron chi connectivity index (χ4n) is 2.19. The minimum absolute atomic E-state index is 0.183. The summed E-state index contributed by atoms with van der Waals surface area (Å²) in [7, 11) is 0. The second kappa shape index (κ2) is 4.98. The third kappa shape index (κ3) is 2.26. The number of rotatable bonds is 1. The van der Waals surface area contributed by atoms with Gasteiger partial charge in [-0.15, -0.1) is 0 Å². The Kier molecular flexibility index (Phi) is 3.16. The third-order valence-corrected chi connectivity index (χ3v) is 3.32. The average Bonchev–Trinajstić information content (AvgIpc) is 2.55. The van der Waals surface area contributed by atoms with Gasteiger partial charge in [0.2, 0.25) is 11.8 Å². The Bertz CT molecular complexity index is 683. The van der Waals surface area contributed by atoms with Gasteiger partial charge in [-0.2, -0.15) is 0 Å². The lowest BCUT2D eigenvalue weighted by atomic mass is 10.2. The monoisotopic (exact) mass is 286 g/mol. The fourth-order valence-corrected chi connectivity index (χ4v) is 2.32. The first-order valence-corrected chi connectivity index (χ1v) is 6.50. The lowest BCUT2D eigenvalue weighted by Crippen LogP contribution is -2.26. The van der Waals surface area contributed by atoms with Crippen molar-refractivity contribution in [2.75, 3.05) is 10.2 Å². The molecule has 2 aromatic carbocycles. The van der Waals surface area contributed by atoms with Gasteiger partial charge in [0.05, 0.1) is 11.4 Å². The number of hydrogen-bond acceptors (Lipinski definition) is 2. The number of amides is 2. The van der Waals surface area contributed by atoms with Crippen LogP contribution in [-0.4, -0.2) is 11.8 Å². The van der Waals surface area contributed by atoms with Crippen molar-refractivity contribution in [1.29, 1.82) is 0 Å². The molecule has 2 aromatic rings. The lowest BCUT2D eigenvalue weighted by Gasteiger charge is -2.22. The van der Waals surface area contributed by atoms with Gasteiger partial charge in [0.15, 0.2) is 0 Å². The molecule has 0 saturated carbocycles. The zero-order valence-electron chi connectivity index (χ0n) is 10.5. The van der Waals surface area contributed by atoms with Crippen molar-refractivity contribution in [2.45, 2.75) is 6.42 Å². The Morgan fingerprint density at radius 1 is 1.00 bits per heavy atom. The molecule has 3 rings (SSSR count). The number of benzene rings is 2. The van der Waals surface area contributed by atoms with Crippen LogP contribution in [0.3, 0.4) is 0 Å². The first kappa shape index (κ1) is 12.7. The van der Waals surface area contributed by atoms with Crippen LogP contribution >= 0.6 is 11.6 Å². The van der Waals surface area contributed by atoms with E-state index in [2.05, 4.69) is 5.32 Å². The Hall–Kier alpha value is -2.33. The zero-order chi connectivity index (χ0) is 14.1. The van der Waals surface area contributed by atoms with Gasteiger partial charge >= 0.3 is 0 Å². The second-order valence-corrected chi connectivity index (χ2v) is 4.88. The molecule has 0 spiro atoms. The third-order valence-electron chi connectivity index (χ3n) is 3.07. The predicted molar refractivity (Wildman–Crippen MR) is 78.3 cm³/mol. The van der Waals surface area contributed by atoms with Crippen LogP contribution in [0.15, 0.2) is 48.5 Å². The van der Waals surface area contributed by atoms with Crippen LogP contribution in [0.4, 0.5) is 17.1 Å². The number of nitrogens with zero attached hydrogens (tertiary/aromatic N) is 1. The molecule has 1 aliphatic rings. The Morgan fingerprint density at radius 3 is 2.45 bits per heavy atom. The van der Waals surface area contributed by atoms with Gasteiger partial charge in [0.1, 0.15) is 6.42 Å². The Morgan fingerprint density at radius 2 is 1.70 bits per heavy atom. The molecule has 1 N–H and O–H groups in total. The van der Waals surface area contributed by atoms with E-state index in [1.807, 2.05) is 12.1 Å². The smallest absolute Gasteiger partial charge is 0.241 e. The highest BCUT2D eigenvalue weighted by atomic mass is 35.5. The van der Waals surface area contributed by atoms with Crippen molar-refractivity contribution >= 4 is 40.5 Å². The quantitative estimate of drug-likeness (QED) is 0.817. The summed E-state index contributed by atoms with van der Waals surface area (Å²) in [4.78, 5) is 25.5. The highest BCUT2D eigenvalue weighted by Crippen LogP contribution is 2.35. The molecule has 0 saturated heterocycles. The van der Waals surface area contributed by atoms with Gasteiger partial charge in [0.25, 0.3) is 0 Å². The largest absolute Gasteiger partial charge is 0.324 e. The molecule has 1 heterocycles. The molecule has 100 valence electrons. The van der Waals surface area contributed by atoms with E-state index in [1.54, 1.807) is 36.4 Å². The van der Waals surface area contributed by atoms with E-state index in [9.17, 15) is 9.59 Å². The molecular weight excluding hydrogens is 276 g/mol. The summed E-state index contributed by atoms with van der Waals surface area (Å²) in [5.41, 5.74) is 1.97. The van der Waals surface area contributed by atoms with Crippen molar-refractivity contribution in [2.24, 2.45) is 0 Å². The number of para-hydroxylation sites is 2. The molecule has 0 radical (unpaired) electrons. The molecule has 4 nitrogen and oxygen atoms in total. The van der Waals surface area contributed by atoms with Gasteiger partial charge in [0, 0.05) is 10.7 Å². The van der Waals surface area contributed by atoms with Crippen molar-refractivity contribution in [3.63, 3.8) is 0 Å². The van der Waals surface area contributed by atoms with Crippen LogP contribution in [0, 0.1) is 0 Å². The van der Waals surface area contributed by atoms with Gasteiger partial charge in [-0.25, -0.2) is 0 Å². The van der Waals surface area contributed by atoms with Crippen LogP contribution in [0.1, 0.15) is 6.42 Å². The van der Waals surface area contributed by atoms with E-state index < -0.39 is 0 Å². The summed E-state index contributed by atoms with van der Waals surface area (Å²) in [6.07, 6.45) is -0.183. The van der Waals surface area contributed by atoms with Gasteiger partial charge in [-0.1, -0.05) is 23.7 Å². The van der Waals surface area contributed by atoms with E-state index in [4.69, 9.17) is 11.6 Å².